The molecule has 0 aliphatic carbocycles. The molecule has 0 aliphatic rings. The Morgan fingerprint density at radius 3 is 2.12 bits per heavy atom. The molecule has 0 unspecified atom stereocenters. The van der Waals surface area contributed by atoms with Crippen LogP contribution in [0.3, 0.4) is 0 Å². The van der Waals surface area contributed by atoms with E-state index in [-0.39, 0.29) is 0 Å². The average Bonchev–Trinajstić information content (AvgIpc) is 2.21. The smallest absolute Gasteiger partial charge is 0.125 e. The van der Waals surface area contributed by atoms with Crippen LogP contribution in [0.4, 0.5) is 0 Å². The van der Waals surface area contributed by atoms with Crippen LogP contribution in [0.15, 0.2) is 12.1 Å². The standard InChI is InChI=1S/C15H24O/c1-6-7-8-16-15-12(4)9-14(11(2)3)10-13(15)5/h9-11H,6-8H2,1-5H3. The molecule has 0 saturated heterocycles. The highest BCUT2D eigenvalue weighted by molar-refractivity contribution is 5.44. The molecular weight excluding hydrogens is 196 g/mol. The Balaban J connectivity index is 2.85. The van der Waals surface area contributed by atoms with Gasteiger partial charge < -0.3 is 4.74 Å². The molecule has 1 nitrogen and oxygen atoms in total. The third-order valence-corrected chi connectivity index (χ3v) is 2.89. The minimum Gasteiger partial charge on any atom is -0.493 e. The molecule has 0 fully saturated rings. The molecule has 0 N–H and O–H groups in total. The molecule has 1 aromatic rings. The van der Waals surface area contributed by atoms with E-state index in [1.807, 2.05) is 0 Å². The molecule has 0 aliphatic heterocycles. The minimum absolute atomic E-state index is 0.585. The summed E-state index contributed by atoms with van der Waals surface area (Å²) >= 11 is 0. The number of unbranched alkanes of at least 4 members (excludes halogenated alkanes) is 1. The van der Waals surface area contributed by atoms with Gasteiger partial charge in [-0.1, -0.05) is 39.3 Å². The lowest BCUT2D eigenvalue weighted by molar-refractivity contribution is 0.305. The van der Waals surface area contributed by atoms with Crippen molar-refractivity contribution < 1.29 is 4.74 Å². The van der Waals surface area contributed by atoms with Crippen molar-refractivity contribution in [3.8, 4) is 5.75 Å². The first-order chi connectivity index (χ1) is 7.56. The van der Waals surface area contributed by atoms with Gasteiger partial charge in [-0.15, -0.1) is 0 Å². The fourth-order valence-electron chi connectivity index (χ4n) is 1.86. The van der Waals surface area contributed by atoms with Gasteiger partial charge >= 0.3 is 0 Å². The van der Waals surface area contributed by atoms with Crippen molar-refractivity contribution in [1.82, 2.24) is 0 Å². The molecule has 1 rings (SSSR count). The van der Waals surface area contributed by atoms with Gasteiger partial charge in [0.15, 0.2) is 0 Å². The Kier molecular flexibility index (Phi) is 4.85. The number of aryl methyl sites for hydroxylation is 2. The van der Waals surface area contributed by atoms with Crippen LogP contribution in [0.2, 0.25) is 0 Å². The lowest BCUT2D eigenvalue weighted by Crippen LogP contribution is -2.01. The molecule has 0 atom stereocenters. The maximum atomic E-state index is 5.84. The summed E-state index contributed by atoms with van der Waals surface area (Å²) in [5, 5.41) is 0. The van der Waals surface area contributed by atoms with E-state index >= 15 is 0 Å². The highest BCUT2D eigenvalue weighted by Gasteiger charge is 2.08. The molecule has 1 heteroatoms. The normalized spacial score (nSPS) is 10.9. The lowest BCUT2D eigenvalue weighted by atomic mass is 9.98. The van der Waals surface area contributed by atoms with E-state index in [2.05, 4.69) is 46.8 Å². The molecule has 1 aromatic carbocycles. The Bertz CT molecular complexity index is 316. The van der Waals surface area contributed by atoms with Crippen LogP contribution >= 0.6 is 0 Å². The summed E-state index contributed by atoms with van der Waals surface area (Å²) in [5.41, 5.74) is 3.93. The predicted molar refractivity (Wildman–Crippen MR) is 70.4 cm³/mol. The molecule has 0 spiro atoms. The summed E-state index contributed by atoms with van der Waals surface area (Å²) in [6, 6.07) is 4.50. The topological polar surface area (TPSA) is 9.23 Å². The number of ether oxygens (including phenoxy) is 1. The van der Waals surface area contributed by atoms with E-state index in [4.69, 9.17) is 4.74 Å². The zero-order valence-electron chi connectivity index (χ0n) is 11.3. The van der Waals surface area contributed by atoms with Gasteiger partial charge in [0.05, 0.1) is 6.61 Å². The second-order valence-corrected chi connectivity index (χ2v) is 4.84. The minimum atomic E-state index is 0.585. The predicted octanol–water partition coefficient (Wildman–Crippen LogP) is 4.61. The van der Waals surface area contributed by atoms with Crippen molar-refractivity contribution in [2.45, 2.75) is 53.4 Å². The van der Waals surface area contributed by atoms with Gasteiger partial charge in [0.25, 0.3) is 0 Å². The molecule has 0 radical (unpaired) electrons. The Morgan fingerprint density at radius 1 is 1.12 bits per heavy atom. The van der Waals surface area contributed by atoms with E-state index < -0.39 is 0 Å². The Hall–Kier alpha value is -0.980. The number of rotatable bonds is 5. The second-order valence-electron chi connectivity index (χ2n) is 4.84. The molecular formula is C15H24O. The number of hydrogen-bond donors (Lipinski definition) is 0. The Morgan fingerprint density at radius 2 is 1.69 bits per heavy atom. The molecule has 0 bridgehead atoms. The maximum absolute atomic E-state index is 5.84. The second kappa shape index (κ2) is 5.93. The van der Waals surface area contributed by atoms with Gasteiger partial charge in [0.1, 0.15) is 5.75 Å². The van der Waals surface area contributed by atoms with Crippen LogP contribution in [0.1, 0.15) is 56.2 Å². The van der Waals surface area contributed by atoms with E-state index in [1.54, 1.807) is 0 Å². The van der Waals surface area contributed by atoms with Gasteiger partial charge in [-0.05, 0) is 42.9 Å². The van der Waals surface area contributed by atoms with Gasteiger partial charge in [-0.25, -0.2) is 0 Å². The zero-order valence-corrected chi connectivity index (χ0v) is 11.3. The summed E-state index contributed by atoms with van der Waals surface area (Å²) in [6.45, 7) is 11.8. The van der Waals surface area contributed by atoms with Crippen LogP contribution in [0, 0.1) is 13.8 Å². The molecule has 0 heterocycles. The molecule has 0 amide bonds. The van der Waals surface area contributed by atoms with Crippen LogP contribution in [-0.4, -0.2) is 6.61 Å². The molecule has 16 heavy (non-hydrogen) atoms. The van der Waals surface area contributed by atoms with Crippen molar-refractivity contribution in [1.29, 1.82) is 0 Å². The average molecular weight is 220 g/mol. The molecule has 90 valence electrons. The summed E-state index contributed by atoms with van der Waals surface area (Å²) in [7, 11) is 0. The summed E-state index contributed by atoms with van der Waals surface area (Å²) in [4.78, 5) is 0. The third-order valence-electron chi connectivity index (χ3n) is 2.89. The quantitative estimate of drug-likeness (QED) is 0.659. The van der Waals surface area contributed by atoms with Crippen LogP contribution < -0.4 is 4.74 Å². The van der Waals surface area contributed by atoms with Gasteiger partial charge in [0.2, 0.25) is 0 Å². The summed E-state index contributed by atoms with van der Waals surface area (Å²) in [5.74, 6) is 1.67. The van der Waals surface area contributed by atoms with Crippen molar-refractivity contribution in [2.75, 3.05) is 6.61 Å². The van der Waals surface area contributed by atoms with Crippen molar-refractivity contribution in [2.24, 2.45) is 0 Å². The fraction of sp³-hybridized carbons (Fsp3) is 0.600. The number of hydrogen-bond acceptors (Lipinski definition) is 1. The van der Waals surface area contributed by atoms with Crippen molar-refractivity contribution in [3.63, 3.8) is 0 Å². The largest absolute Gasteiger partial charge is 0.493 e. The highest BCUT2D eigenvalue weighted by Crippen LogP contribution is 2.28. The summed E-state index contributed by atoms with van der Waals surface area (Å²) in [6.07, 6.45) is 2.31. The highest BCUT2D eigenvalue weighted by atomic mass is 16.5. The number of benzene rings is 1. The van der Waals surface area contributed by atoms with Gasteiger partial charge in [-0.3, -0.25) is 0 Å². The molecule has 0 aromatic heterocycles. The summed E-state index contributed by atoms with van der Waals surface area (Å²) < 4.78 is 5.84. The first kappa shape index (κ1) is 13.1. The fourth-order valence-corrected chi connectivity index (χ4v) is 1.86. The first-order valence-corrected chi connectivity index (χ1v) is 6.30. The SMILES string of the molecule is CCCCOc1c(C)cc(C(C)C)cc1C. The first-order valence-electron chi connectivity index (χ1n) is 6.30. The zero-order chi connectivity index (χ0) is 12.1. The van der Waals surface area contributed by atoms with Gasteiger partial charge in [0, 0.05) is 0 Å². The third kappa shape index (κ3) is 3.26. The lowest BCUT2D eigenvalue weighted by Gasteiger charge is -2.15. The Labute approximate surface area is 99.8 Å². The van der Waals surface area contributed by atoms with E-state index in [0.717, 1.165) is 18.8 Å². The monoisotopic (exact) mass is 220 g/mol. The maximum Gasteiger partial charge on any atom is 0.125 e. The van der Waals surface area contributed by atoms with E-state index in [0.29, 0.717) is 5.92 Å². The van der Waals surface area contributed by atoms with Crippen LogP contribution in [0.5, 0.6) is 5.75 Å². The van der Waals surface area contributed by atoms with Crippen LogP contribution in [0.25, 0.3) is 0 Å². The van der Waals surface area contributed by atoms with E-state index in [1.165, 1.54) is 23.1 Å². The van der Waals surface area contributed by atoms with Crippen molar-refractivity contribution >= 4 is 0 Å². The van der Waals surface area contributed by atoms with Gasteiger partial charge in [-0.2, -0.15) is 0 Å². The van der Waals surface area contributed by atoms with Crippen molar-refractivity contribution in [3.05, 3.63) is 28.8 Å². The van der Waals surface area contributed by atoms with Crippen LogP contribution in [-0.2, 0) is 0 Å². The molecule has 0 saturated carbocycles. The van der Waals surface area contributed by atoms with E-state index in [9.17, 15) is 0 Å².